The van der Waals surface area contributed by atoms with E-state index >= 15 is 0 Å². The van der Waals surface area contributed by atoms with Gasteiger partial charge in [-0.25, -0.2) is 8.78 Å². The van der Waals surface area contributed by atoms with Crippen LogP contribution in [0.5, 0.6) is 0 Å². The van der Waals surface area contributed by atoms with Crippen molar-refractivity contribution in [1.29, 1.82) is 0 Å². The molecule has 7 heteroatoms. The summed E-state index contributed by atoms with van der Waals surface area (Å²) in [4.78, 5) is 11.4. The van der Waals surface area contributed by atoms with Gasteiger partial charge in [0, 0.05) is 6.07 Å². The van der Waals surface area contributed by atoms with Crippen molar-refractivity contribution in [3.05, 3.63) is 34.9 Å². The first-order valence-electron chi connectivity index (χ1n) is 4.23. The van der Waals surface area contributed by atoms with Gasteiger partial charge in [0.1, 0.15) is 11.6 Å². The molecule has 0 atom stereocenters. The average Bonchev–Trinajstić information content (AvgIpc) is 2.20. The van der Waals surface area contributed by atoms with Crippen molar-refractivity contribution in [2.75, 3.05) is 0 Å². The highest BCUT2D eigenvalue weighted by atomic mass is 32.1. The van der Waals surface area contributed by atoms with E-state index in [1.807, 2.05) is 0 Å². The molecule has 0 aliphatic heterocycles. The Hall–Kier alpha value is -1.76. The third-order valence-corrected chi connectivity index (χ3v) is 1.89. The normalized spacial score (nSPS) is 9.69. The lowest BCUT2D eigenvalue weighted by Crippen LogP contribution is -2.44. The number of thiocarbonyl (C=S) groups is 1. The van der Waals surface area contributed by atoms with Crippen molar-refractivity contribution in [2.24, 2.45) is 5.73 Å². The molecule has 0 spiro atoms. The Morgan fingerprint density at radius 1 is 1.31 bits per heavy atom. The van der Waals surface area contributed by atoms with Gasteiger partial charge in [-0.05, 0) is 30.8 Å². The lowest BCUT2D eigenvalue weighted by Gasteiger charge is -2.08. The Balaban J connectivity index is 2.91. The summed E-state index contributed by atoms with van der Waals surface area (Å²) < 4.78 is 26.1. The maximum atomic E-state index is 13.2. The fourth-order valence-electron chi connectivity index (χ4n) is 1.02. The fourth-order valence-corrected chi connectivity index (χ4v) is 1.07. The Kier molecular flexibility index (Phi) is 3.73. The van der Waals surface area contributed by atoms with Crippen molar-refractivity contribution in [3.63, 3.8) is 0 Å². The van der Waals surface area contributed by atoms with Crippen LogP contribution in [0.15, 0.2) is 12.1 Å². The van der Waals surface area contributed by atoms with E-state index in [9.17, 15) is 13.6 Å². The van der Waals surface area contributed by atoms with Gasteiger partial charge in [0.15, 0.2) is 5.11 Å². The second kappa shape index (κ2) is 4.84. The zero-order valence-corrected chi connectivity index (χ0v) is 9.12. The summed E-state index contributed by atoms with van der Waals surface area (Å²) in [6, 6.07) is 1.74. The van der Waals surface area contributed by atoms with E-state index in [4.69, 9.17) is 5.73 Å². The van der Waals surface area contributed by atoms with Gasteiger partial charge in [-0.2, -0.15) is 0 Å². The van der Waals surface area contributed by atoms with E-state index in [1.54, 1.807) is 0 Å². The zero-order chi connectivity index (χ0) is 12.3. The van der Waals surface area contributed by atoms with E-state index in [0.29, 0.717) is 6.07 Å². The molecule has 0 aliphatic carbocycles. The van der Waals surface area contributed by atoms with Crippen molar-refractivity contribution >= 4 is 23.2 Å². The molecule has 86 valence electrons. The lowest BCUT2D eigenvalue weighted by atomic mass is 10.1. The molecular weight excluding hydrogens is 236 g/mol. The van der Waals surface area contributed by atoms with Crippen LogP contribution >= 0.6 is 12.2 Å². The Morgan fingerprint density at radius 2 is 1.94 bits per heavy atom. The summed E-state index contributed by atoms with van der Waals surface area (Å²) in [5, 5.41) is -0.160. The van der Waals surface area contributed by atoms with Gasteiger partial charge in [-0.15, -0.1) is 0 Å². The van der Waals surface area contributed by atoms with Gasteiger partial charge in [-0.1, -0.05) is 0 Å². The molecule has 0 bridgehead atoms. The number of rotatable bonds is 1. The first-order chi connectivity index (χ1) is 7.41. The third kappa shape index (κ3) is 2.86. The molecule has 0 saturated carbocycles. The number of aryl methyl sites for hydroxylation is 1. The SMILES string of the molecule is Cc1cc(C(=O)NNC(N)=S)c(F)cc1F. The van der Waals surface area contributed by atoms with Crippen LogP contribution in [0.2, 0.25) is 0 Å². The molecular formula is C9H9F2N3OS. The highest BCUT2D eigenvalue weighted by Crippen LogP contribution is 2.13. The van der Waals surface area contributed by atoms with Gasteiger partial charge >= 0.3 is 0 Å². The number of hydrazine groups is 1. The van der Waals surface area contributed by atoms with Gasteiger partial charge in [-0.3, -0.25) is 15.6 Å². The van der Waals surface area contributed by atoms with E-state index in [1.165, 1.54) is 6.92 Å². The van der Waals surface area contributed by atoms with Crippen LogP contribution in [-0.2, 0) is 0 Å². The minimum atomic E-state index is -0.953. The molecule has 1 rings (SSSR count). The maximum Gasteiger partial charge on any atom is 0.272 e. The molecule has 0 unspecified atom stereocenters. The summed E-state index contributed by atoms with van der Waals surface area (Å²) in [5.41, 5.74) is 9.16. The second-order valence-electron chi connectivity index (χ2n) is 3.02. The Morgan fingerprint density at radius 3 is 2.50 bits per heavy atom. The lowest BCUT2D eigenvalue weighted by molar-refractivity contribution is 0.0939. The number of nitrogens with one attached hydrogen (secondary N) is 2. The quantitative estimate of drug-likeness (QED) is 0.504. The average molecular weight is 245 g/mol. The minimum absolute atomic E-state index is 0.160. The molecule has 0 saturated heterocycles. The zero-order valence-electron chi connectivity index (χ0n) is 8.30. The van der Waals surface area contributed by atoms with Crippen molar-refractivity contribution in [2.45, 2.75) is 6.92 Å². The number of halogens is 2. The number of nitrogens with two attached hydrogens (primary N) is 1. The van der Waals surface area contributed by atoms with Crippen LogP contribution < -0.4 is 16.6 Å². The summed E-state index contributed by atoms with van der Waals surface area (Å²) in [7, 11) is 0. The van der Waals surface area contributed by atoms with E-state index < -0.39 is 17.5 Å². The van der Waals surface area contributed by atoms with Gasteiger partial charge < -0.3 is 5.73 Å². The fraction of sp³-hybridized carbons (Fsp3) is 0.111. The van der Waals surface area contributed by atoms with E-state index in [-0.39, 0.29) is 16.2 Å². The highest BCUT2D eigenvalue weighted by Gasteiger charge is 2.14. The van der Waals surface area contributed by atoms with Gasteiger partial charge in [0.05, 0.1) is 5.56 Å². The first kappa shape index (κ1) is 12.3. The van der Waals surface area contributed by atoms with E-state index in [2.05, 4.69) is 23.1 Å². The van der Waals surface area contributed by atoms with Gasteiger partial charge in [0.25, 0.3) is 5.91 Å². The smallest absolute Gasteiger partial charge is 0.272 e. The molecule has 0 aliphatic rings. The molecule has 1 amide bonds. The summed E-state index contributed by atoms with van der Waals surface area (Å²) in [6.45, 7) is 1.42. The van der Waals surface area contributed by atoms with Crippen LogP contribution in [0, 0.1) is 18.6 Å². The highest BCUT2D eigenvalue weighted by molar-refractivity contribution is 7.80. The number of hydrogen-bond donors (Lipinski definition) is 3. The number of hydrogen-bond acceptors (Lipinski definition) is 2. The molecule has 1 aromatic carbocycles. The Labute approximate surface area is 95.8 Å². The summed E-state index contributed by atoms with van der Waals surface area (Å²) >= 11 is 4.44. The topological polar surface area (TPSA) is 67.2 Å². The Bertz CT molecular complexity index is 451. The van der Waals surface area contributed by atoms with Crippen LogP contribution in [-0.4, -0.2) is 11.0 Å². The molecule has 4 N–H and O–H groups in total. The van der Waals surface area contributed by atoms with E-state index in [0.717, 1.165) is 6.07 Å². The molecule has 16 heavy (non-hydrogen) atoms. The van der Waals surface area contributed by atoms with Crippen molar-refractivity contribution < 1.29 is 13.6 Å². The van der Waals surface area contributed by atoms with Crippen LogP contribution in [0.1, 0.15) is 15.9 Å². The number of amides is 1. The predicted molar refractivity (Wildman–Crippen MR) is 58.5 cm³/mol. The second-order valence-corrected chi connectivity index (χ2v) is 3.46. The molecule has 0 aromatic heterocycles. The first-order valence-corrected chi connectivity index (χ1v) is 4.64. The maximum absolute atomic E-state index is 13.2. The molecule has 1 aromatic rings. The largest absolute Gasteiger partial charge is 0.375 e. The minimum Gasteiger partial charge on any atom is -0.375 e. The summed E-state index contributed by atoms with van der Waals surface area (Å²) in [6.07, 6.45) is 0. The third-order valence-electron chi connectivity index (χ3n) is 1.79. The van der Waals surface area contributed by atoms with Crippen LogP contribution in [0.4, 0.5) is 8.78 Å². The molecule has 0 fully saturated rings. The number of carbonyl (C=O) groups excluding carboxylic acids is 1. The van der Waals surface area contributed by atoms with Crippen LogP contribution in [0.3, 0.4) is 0 Å². The predicted octanol–water partition coefficient (Wildman–Crippen LogP) is 0.751. The number of carbonyl (C=O) groups is 1. The van der Waals surface area contributed by atoms with Crippen molar-refractivity contribution in [3.8, 4) is 0 Å². The van der Waals surface area contributed by atoms with Crippen LogP contribution in [0.25, 0.3) is 0 Å². The molecule has 4 nitrogen and oxygen atoms in total. The monoisotopic (exact) mass is 245 g/mol. The standard InChI is InChI=1S/C9H9F2N3OS/c1-4-2-5(7(11)3-6(4)10)8(15)13-14-9(12)16/h2-3H,1H3,(H,13,15)(H3,12,14,16). The molecule has 0 radical (unpaired) electrons. The summed E-state index contributed by atoms with van der Waals surface area (Å²) in [5.74, 6) is -2.45. The number of benzene rings is 1. The molecule has 0 heterocycles. The van der Waals surface area contributed by atoms with Crippen molar-refractivity contribution in [1.82, 2.24) is 10.9 Å². The van der Waals surface area contributed by atoms with Gasteiger partial charge in [0.2, 0.25) is 0 Å².